The molecule has 0 radical (unpaired) electrons. The van der Waals surface area contributed by atoms with Gasteiger partial charge in [-0.25, -0.2) is 0 Å². The van der Waals surface area contributed by atoms with E-state index in [0.29, 0.717) is 37.7 Å². The summed E-state index contributed by atoms with van der Waals surface area (Å²) in [4.78, 5) is 19.1. The summed E-state index contributed by atoms with van der Waals surface area (Å²) >= 11 is 0. The van der Waals surface area contributed by atoms with Gasteiger partial charge in [0.25, 0.3) is 0 Å². The molecule has 0 spiro atoms. The molecular formula is C25H29N3O3. The van der Waals surface area contributed by atoms with Crippen LogP contribution in [-0.2, 0) is 16.8 Å². The van der Waals surface area contributed by atoms with Gasteiger partial charge in [0.05, 0.1) is 6.61 Å². The Morgan fingerprint density at radius 2 is 1.94 bits per heavy atom. The minimum atomic E-state index is -0.203. The predicted molar refractivity (Wildman–Crippen MR) is 119 cm³/mol. The number of likely N-dealkylation sites (tertiary alicyclic amines) is 1. The summed E-state index contributed by atoms with van der Waals surface area (Å²) in [7, 11) is 0. The number of benzene rings is 2. The van der Waals surface area contributed by atoms with Crippen molar-refractivity contribution >= 4 is 5.91 Å². The number of nitrogens with zero attached hydrogens (tertiary/aromatic N) is 3. The molecule has 4 rings (SSSR count). The Morgan fingerprint density at radius 3 is 2.65 bits per heavy atom. The van der Waals surface area contributed by atoms with Gasteiger partial charge in [0.15, 0.2) is 0 Å². The molecule has 162 valence electrons. The molecule has 0 aliphatic carbocycles. The molecule has 1 fully saturated rings. The third kappa shape index (κ3) is 4.63. The van der Waals surface area contributed by atoms with Gasteiger partial charge >= 0.3 is 0 Å². The van der Waals surface area contributed by atoms with Crippen molar-refractivity contribution in [3.05, 3.63) is 65.5 Å². The number of aromatic nitrogens is 2. The van der Waals surface area contributed by atoms with Crippen molar-refractivity contribution in [2.75, 3.05) is 6.61 Å². The van der Waals surface area contributed by atoms with Crippen LogP contribution in [0.3, 0.4) is 0 Å². The molecule has 1 unspecified atom stereocenters. The van der Waals surface area contributed by atoms with Gasteiger partial charge < -0.3 is 14.2 Å². The van der Waals surface area contributed by atoms with Gasteiger partial charge in [-0.2, -0.15) is 4.98 Å². The highest BCUT2D eigenvalue weighted by Crippen LogP contribution is 2.34. The molecule has 2 aromatic carbocycles. The lowest BCUT2D eigenvalue weighted by atomic mass is 9.87. The zero-order valence-electron chi connectivity index (χ0n) is 18.6. The van der Waals surface area contributed by atoms with E-state index >= 15 is 0 Å². The first kappa shape index (κ1) is 21.1. The van der Waals surface area contributed by atoms with Gasteiger partial charge in [0, 0.05) is 18.5 Å². The van der Waals surface area contributed by atoms with Crippen molar-refractivity contribution in [2.45, 2.75) is 58.5 Å². The molecule has 31 heavy (non-hydrogen) atoms. The zero-order valence-corrected chi connectivity index (χ0v) is 18.6. The first-order valence-corrected chi connectivity index (χ1v) is 10.8. The lowest BCUT2D eigenvalue weighted by molar-refractivity contribution is -0.129. The third-order valence-corrected chi connectivity index (χ3v) is 5.63. The second-order valence-corrected chi connectivity index (χ2v) is 8.94. The average Bonchev–Trinajstić information content (AvgIpc) is 3.36. The number of hydrogen-bond donors (Lipinski definition) is 0. The van der Waals surface area contributed by atoms with Crippen LogP contribution >= 0.6 is 0 Å². The SMILES string of the molecule is CCOc1cccc(-c2noc(C3CCC(=O)N3Cc3ccc(C(C)(C)C)cc3)n2)c1. The Bertz CT molecular complexity index is 1050. The van der Waals surface area contributed by atoms with Crippen LogP contribution in [0.25, 0.3) is 11.4 Å². The van der Waals surface area contributed by atoms with Crippen LogP contribution in [0.1, 0.15) is 63.6 Å². The number of amides is 1. The second-order valence-electron chi connectivity index (χ2n) is 8.94. The minimum Gasteiger partial charge on any atom is -0.494 e. The van der Waals surface area contributed by atoms with Gasteiger partial charge in [-0.3, -0.25) is 4.79 Å². The van der Waals surface area contributed by atoms with Gasteiger partial charge in [0.2, 0.25) is 17.6 Å². The topological polar surface area (TPSA) is 68.5 Å². The highest BCUT2D eigenvalue weighted by atomic mass is 16.5. The number of ether oxygens (including phenoxy) is 1. The third-order valence-electron chi connectivity index (χ3n) is 5.63. The highest BCUT2D eigenvalue weighted by molar-refractivity contribution is 5.78. The van der Waals surface area contributed by atoms with Crippen molar-refractivity contribution in [3.8, 4) is 17.1 Å². The Balaban J connectivity index is 1.53. The smallest absolute Gasteiger partial charge is 0.249 e. The zero-order chi connectivity index (χ0) is 22.0. The number of carbonyl (C=O) groups is 1. The molecule has 1 atom stereocenters. The van der Waals surface area contributed by atoms with Crippen LogP contribution in [0.15, 0.2) is 53.1 Å². The van der Waals surface area contributed by atoms with E-state index < -0.39 is 0 Å². The molecule has 1 aromatic heterocycles. The van der Waals surface area contributed by atoms with Crippen molar-refractivity contribution in [1.29, 1.82) is 0 Å². The highest BCUT2D eigenvalue weighted by Gasteiger charge is 2.36. The van der Waals surface area contributed by atoms with E-state index in [2.05, 4.69) is 55.2 Å². The second kappa shape index (κ2) is 8.53. The maximum absolute atomic E-state index is 12.6. The molecule has 6 nitrogen and oxygen atoms in total. The first-order chi connectivity index (χ1) is 14.8. The summed E-state index contributed by atoms with van der Waals surface area (Å²) in [6.45, 7) is 9.65. The fourth-order valence-corrected chi connectivity index (χ4v) is 3.87. The molecule has 3 aromatic rings. The van der Waals surface area contributed by atoms with E-state index in [1.807, 2.05) is 36.1 Å². The first-order valence-electron chi connectivity index (χ1n) is 10.8. The van der Waals surface area contributed by atoms with Gasteiger partial charge in [-0.15, -0.1) is 0 Å². The normalized spacial score (nSPS) is 16.7. The molecule has 1 saturated heterocycles. The maximum atomic E-state index is 12.6. The molecule has 6 heteroatoms. The fraction of sp³-hybridized carbons (Fsp3) is 0.400. The Morgan fingerprint density at radius 1 is 1.16 bits per heavy atom. The molecular weight excluding hydrogens is 390 g/mol. The average molecular weight is 420 g/mol. The quantitative estimate of drug-likeness (QED) is 0.542. The van der Waals surface area contributed by atoms with Crippen molar-refractivity contribution < 1.29 is 14.1 Å². The molecule has 0 N–H and O–H groups in total. The van der Waals surface area contributed by atoms with Crippen molar-refractivity contribution in [3.63, 3.8) is 0 Å². The molecule has 0 saturated carbocycles. The fourth-order valence-electron chi connectivity index (χ4n) is 3.87. The Labute approximate surface area is 183 Å². The van der Waals surface area contributed by atoms with Crippen LogP contribution < -0.4 is 4.74 Å². The summed E-state index contributed by atoms with van der Waals surface area (Å²) in [6.07, 6.45) is 1.17. The lowest BCUT2D eigenvalue weighted by Crippen LogP contribution is -2.27. The number of rotatable bonds is 6. The molecule has 1 aliphatic heterocycles. The largest absolute Gasteiger partial charge is 0.494 e. The van der Waals surface area contributed by atoms with E-state index in [1.54, 1.807) is 0 Å². The van der Waals surface area contributed by atoms with E-state index in [1.165, 1.54) is 5.56 Å². The van der Waals surface area contributed by atoms with Crippen molar-refractivity contribution in [1.82, 2.24) is 15.0 Å². The predicted octanol–water partition coefficient (Wildman–Crippen LogP) is 5.30. The van der Waals surface area contributed by atoms with Gasteiger partial charge in [0.1, 0.15) is 11.8 Å². The van der Waals surface area contributed by atoms with Crippen LogP contribution in [-0.4, -0.2) is 27.6 Å². The van der Waals surface area contributed by atoms with Gasteiger partial charge in [-0.1, -0.05) is 62.3 Å². The van der Waals surface area contributed by atoms with Crippen LogP contribution in [0.2, 0.25) is 0 Å². The molecule has 1 aliphatic rings. The number of carbonyl (C=O) groups excluding carboxylic acids is 1. The monoisotopic (exact) mass is 419 g/mol. The van der Waals surface area contributed by atoms with Gasteiger partial charge in [-0.05, 0) is 42.0 Å². The summed E-state index contributed by atoms with van der Waals surface area (Å²) < 4.78 is 11.1. The Hall–Kier alpha value is -3.15. The standard InChI is InChI=1S/C25H29N3O3/c1-5-30-20-8-6-7-18(15-20)23-26-24(31-27-23)21-13-14-22(29)28(21)16-17-9-11-19(12-10-17)25(2,3)4/h6-12,15,21H,5,13-14,16H2,1-4H3. The van der Waals surface area contributed by atoms with Crippen LogP contribution in [0.4, 0.5) is 0 Å². The van der Waals surface area contributed by atoms with Crippen molar-refractivity contribution in [2.24, 2.45) is 0 Å². The molecule has 0 bridgehead atoms. The molecule has 2 heterocycles. The van der Waals surface area contributed by atoms with E-state index in [0.717, 1.165) is 16.9 Å². The maximum Gasteiger partial charge on any atom is 0.249 e. The summed E-state index contributed by atoms with van der Waals surface area (Å²) in [5.41, 5.74) is 3.30. The lowest BCUT2D eigenvalue weighted by Gasteiger charge is -2.23. The van der Waals surface area contributed by atoms with Crippen LogP contribution in [0.5, 0.6) is 5.75 Å². The summed E-state index contributed by atoms with van der Waals surface area (Å²) in [5.74, 6) is 1.87. The van der Waals surface area contributed by atoms with E-state index in [9.17, 15) is 4.79 Å². The van der Waals surface area contributed by atoms with E-state index in [4.69, 9.17) is 9.26 Å². The summed E-state index contributed by atoms with van der Waals surface area (Å²) in [5, 5.41) is 4.16. The summed E-state index contributed by atoms with van der Waals surface area (Å²) in [6, 6.07) is 15.9. The van der Waals surface area contributed by atoms with E-state index in [-0.39, 0.29) is 17.4 Å². The number of hydrogen-bond acceptors (Lipinski definition) is 5. The Kier molecular flexibility index (Phi) is 5.81. The minimum absolute atomic E-state index is 0.101. The molecule has 1 amide bonds. The van der Waals surface area contributed by atoms with Crippen LogP contribution in [0, 0.1) is 0 Å².